The molecule has 36 heavy (non-hydrogen) atoms. The summed E-state index contributed by atoms with van der Waals surface area (Å²) in [5.74, 6) is 3.07. The first-order valence-electron chi connectivity index (χ1n) is 12.6. The van der Waals surface area contributed by atoms with Crippen molar-refractivity contribution in [1.82, 2.24) is 40.4 Å². The summed E-state index contributed by atoms with van der Waals surface area (Å²) in [6, 6.07) is 20.7. The summed E-state index contributed by atoms with van der Waals surface area (Å²) in [6.07, 6.45) is 7.57. The Kier molecular flexibility index (Phi) is 6.07. The van der Waals surface area contributed by atoms with E-state index < -0.39 is 0 Å². The molecule has 2 aromatic carbocycles. The molecule has 0 aliphatic heterocycles. The molecule has 6 rings (SSSR count). The van der Waals surface area contributed by atoms with Gasteiger partial charge >= 0.3 is 0 Å². The average Bonchev–Trinajstić information content (AvgIpc) is 3.47. The van der Waals surface area contributed by atoms with E-state index in [2.05, 4.69) is 62.6 Å². The molecule has 0 radical (unpaired) electrons. The number of unbranched alkanes of at least 4 members (excludes halogenated alkanes) is 1. The molecule has 3 heterocycles. The van der Waals surface area contributed by atoms with Crippen molar-refractivity contribution in [1.29, 1.82) is 0 Å². The minimum absolute atomic E-state index is 0.554. The van der Waals surface area contributed by atoms with Crippen LogP contribution < -0.4 is 0 Å². The number of H-pyrrole nitrogens is 1. The van der Waals surface area contributed by atoms with Crippen LogP contribution in [0.5, 0.6) is 0 Å². The van der Waals surface area contributed by atoms with Gasteiger partial charge in [-0.25, -0.2) is 9.67 Å². The van der Waals surface area contributed by atoms with Crippen molar-refractivity contribution in [3.8, 4) is 34.0 Å². The van der Waals surface area contributed by atoms with E-state index >= 15 is 0 Å². The Labute approximate surface area is 209 Å². The Morgan fingerprint density at radius 1 is 0.917 bits per heavy atom. The number of hydrogen-bond acceptors (Lipinski definition) is 6. The summed E-state index contributed by atoms with van der Waals surface area (Å²) < 4.78 is 2.05. The Morgan fingerprint density at radius 2 is 1.72 bits per heavy atom. The molecule has 8 nitrogen and oxygen atoms in total. The average molecular weight is 477 g/mol. The Morgan fingerprint density at radius 3 is 2.44 bits per heavy atom. The zero-order chi connectivity index (χ0) is 24.3. The van der Waals surface area contributed by atoms with Gasteiger partial charge < -0.3 is 0 Å². The van der Waals surface area contributed by atoms with Gasteiger partial charge in [-0.05, 0) is 47.6 Å². The maximum Gasteiger partial charge on any atom is 0.205 e. The second-order valence-electron chi connectivity index (χ2n) is 9.31. The van der Waals surface area contributed by atoms with E-state index in [0.29, 0.717) is 18.3 Å². The summed E-state index contributed by atoms with van der Waals surface area (Å²) in [4.78, 5) is 9.77. The largest absolute Gasteiger partial charge is 0.256 e. The summed E-state index contributed by atoms with van der Waals surface area (Å²) >= 11 is 0. The minimum Gasteiger partial charge on any atom is -0.256 e. The molecule has 1 N–H and O–H groups in total. The fourth-order valence-corrected chi connectivity index (χ4v) is 4.61. The molecule has 0 bridgehead atoms. The summed E-state index contributed by atoms with van der Waals surface area (Å²) in [7, 11) is 0. The van der Waals surface area contributed by atoms with Crippen LogP contribution in [0.2, 0.25) is 0 Å². The van der Waals surface area contributed by atoms with Crippen molar-refractivity contribution < 1.29 is 0 Å². The molecule has 0 atom stereocenters. The van der Waals surface area contributed by atoms with Gasteiger partial charge in [0.15, 0.2) is 5.82 Å². The van der Waals surface area contributed by atoms with Crippen LogP contribution in [0.15, 0.2) is 66.9 Å². The van der Waals surface area contributed by atoms with Crippen molar-refractivity contribution in [3.05, 3.63) is 83.8 Å². The fourth-order valence-electron chi connectivity index (χ4n) is 4.61. The van der Waals surface area contributed by atoms with Crippen LogP contribution in [0.3, 0.4) is 0 Å². The number of pyridine rings is 1. The lowest BCUT2D eigenvalue weighted by atomic mass is 10.0. The minimum atomic E-state index is 0.554. The first-order valence-corrected chi connectivity index (χ1v) is 12.6. The third-order valence-electron chi connectivity index (χ3n) is 6.67. The highest BCUT2D eigenvalue weighted by Crippen LogP contribution is 2.43. The second kappa shape index (κ2) is 9.81. The van der Waals surface area contributed by atoms with E-state index in [9.17, 15) is 0 Å². The molecule has 0 unspecified atom stereocenters. The van der Waals surface area contributed by atoms with Gasteiger partial charge in [-0.1, -0.05) is 67.9 Å². The van der Waals surface area contributed by atoms with E-state index in [1.54, 1.807) is 0 Å². The summed E-state index contributed by atoms with van der Waals surface area (Å²) in [5.41, 5.74) is 6.35. The monoisotopic (exact) mass is 476 g/mol. The van der Waals surface area contributed by atoms with Crippen LogP contribution in [-0.2, 0) is 13.0 Å². The SMILES string of the molecule is CCCCc1nc(-c2ccccc2C2CC2)nn1Cc1ccc(-c2ccccc2-c2nn[nH]n2)nc1. The van der Waals surface area contributed by atoms with Crippen molar-refractivity contribution in [3.63, 3.8) is 0 Å². The van der Waals surface area contributed by atoms with Crippen LogP contribution >= 0.6 is 0 Å². The lowest BCUT2D eigenvalue weighted by molar-refractivity contribution is 0.617. The molecular weight excluding hydrogens is 448 g/mol. The number of aryl methyl sites for hydroxylation is 1. The van der Waals surface area contributed by atoms with Crippen molar-refractivity contribution in [2.24, 2.45) is 0 Å². The lowest BCUT2D eigenvalue weighted by Gasteiger charge is -2.08. The Bertz CT molecular complexity index is 1450. The van der Waals surface area contributed by atoms with Crippen molar-refractivity contribution in [2.45, 2.75) is 51.5 Å². The first kappa shape index (κ1) is 22.3. The van der Waals surface area contributed by atoms with Gasteiger partial charge in [-0.2, -0.15) is 10.3 Å². The number of nitrogens with one attached hydrogen (secondary N) is 1. The van der Waals surface area contributed by atoms with Crippen LogP contribution in [0.1, 0.15) is 55.5 Å². The number of aromatic nitrogens is 8. The fraction of sp³-hybridized carbons (Fsp3) is 0.286. The summed E-state index contributed by atoms with van der Waals surface area (Å²) in [5, 5.41) is 19.5. The maximum atomic E-state index is 5.00. The zero-order valence-electron chi connectivity index (χ0n) is 20.3. The van der Waals surface area contributed by atoms with Gasteiger partial charge in [0.2, 0.25) is 5.82 Å². The highest BCUT2D eigenvalue weighted by atomic mass is 15.5. The number of nitrogens with zero attached hydrogens (tertiary/aromatic N) is 7. The molecular formula is C28H28N8. The Hall–Kier alpha value is -4.20. The van der Waals surface area contributed by atoms with Gasteiger partial charge in [0.1, 0.15) is 5.82 Å². The van der Waals surface area contributed by atoms with E-state index in [-0.39, 0.29) is 0 Å². The van der Waals surface area contributed by atoms with Crippen molar-refractivity contribution >= 4 is 0 Å². The van der Waals surface area contributed by atoms with E-state index in [1.165, 1.54) is 24.0 Å². The number of rotatable bonds is 9. The molecule has 0 amide bonds. The topological polar surface area (TPSA) is 98.1 Å². The molecule has 1 fully saturated rings. The third-order valence-corrected chi connectivity index (χ3v) is 6.67. The first-order chi connectivity index (χ1) is 17.8. The lowest BCUT2D eigenvalue weighted by Crippen LogP contribution is -2.07. The quantitative estimate of drug-likeness (QED) is 0.304. The molecule has 1 aliphatic rings. The molecule has 3 aromatic heterocycles. The van der Waals surface area contributed by atoms with Crippen LogP contribution in [-0.4, -0.2) is 40.4 Å². The van der Waals surface area contributed by atoms with E-state index in [4.69, 9.17) is 15.1 Å². The molecule has 1 saturated carbocycles. The molecule has 0 spiro atoms. The molecule has 5 aromatic rings. The highest BCUT2D eigenvalue weighted by molar-refractivity contribution is 5.78. The number of aromatic amines is 1. The van der Waals surface area contributed by atoms with E-state index in [1.807, 2.05) is 36.5 Å². The Balaban J connectivity index is 1.29. The molecule has 8 heteroatoms. The maximum absolute atomic E-state index is 5.00. The van der Waals surface area contributed by atoms with Crippen LogP contribution in [0.25, 0.3) is 34.0 Å². The summed E-state index contributed by atoms with van der Waals surface area (Å²) in [6.45, 7) is 2.84. The zero-order valence-corrected chi connectivity index (χ0v) is 20.3. The van der Waals surface area contributed by atoms with Crippen molar-refractivity contribution in [2.75, 3.05) is 0 Å². The highest BCUT2D eigenvalue weighted by Gasteiger charge is 2.27. The molecule has 0 saturated heterocycles. The predicted octanol–water partition coefficient (Wildman–Crippen LogP) is 5.46. The van der Waals surface area contributed by atoms with Gasteiger partial charge in [-0.3, -0.25) is 4.98 Å². The number of benzene rings is 2. The van der Waals surface area contributed by atoms with Gasteiger partial charge in [-0.15, -0.1) is 10.2 Å². The normalized spacial score (nSPS) is 13.2. The van der Waals surface area contributed by atoms with E-state index in [0.717, 1.165) is 53.3 Å². The van der Waals surface area contributed by atoms with Gasteiger partial charge in [0, 0.05) is 29.3 Å². The second-order valence-corrected chi connectivity index (χ2v) is 9.31. The number of hydrogen-bond donors (Lipinski definition) is 1. The van der Waals surface area contributed by atoms with Gasteiger partial charge in [0.05, 0.1) is 12.2 Å². The van der Waals surface area contributed by atoms with Gasteiger partial charge in [0.25, 0.3) is 0 Å². The standard InChI is InChI=1S/C28H28N8/c1-2-3-12-26-30-27(23-10-6-4-8-21(23)20-14-15-20)33-36(26)18-19-13-16-25(29-17-19)22-9-5-7-11-24(22)28-31-34-35-32-28/h4-11,13,16-17,20H,2-3,12,14-15,18H2,1H3,(H,31,32,34,35). The number of tetrazole rings is 1. The third kappa shape index (κ3) is 4.54. The molecule has 1 aliphatic carbocycles. The smallest absolute Gasteiger partial charge is 0.205 e. The van der Waals surface area contributed by atoms with Crippen LogP contribution in [0, 0.1) is 0 Å². The predicted molar refractivity (Wildman–Crippen MR) is 138 cm³/mol. The van der Waals surface area contributed by atoms with Crippen LogP contribution in [0.4, 0.5) is 0 Å². The molecule has 180 valence electrons.